The Kier molecular flexibility index (Phi) is 4.82. The van der Waals surface area contributed by atoms with E-state index in [0.717, 1.165) is 42.6 Å². The minimum absolute atomic E-state index is 0.0809. The SMILES string of the molecule is FC(F)(F)CC[C@@H](c1ccnc2ccccc12)N1CCNCC1. The van der Waals surface area contributed by atoms with Crippen molar-refractivity contribution in [3.63, 3.8) is 0 Å². The number of rotatable bonds is 4. The monoisotopic (exact) mass is 323 g/mol. The number of nitrogens with one attached hydrogen (secondary N) is 1. The fourth-order valence-corrected chi connectivity index (χ4v) is 3.24. The van der Waals surface area contributed by atoms with Crippen LogP contribution < -0.4 is 5.32 Å². The molecule has 0 bridgehead atoms. The van der Waals surface area contributed by atoms with Gasteiger partial charge < -0.3 is 5.32 Å². The minimum atomic E-state index is -4.13. The van der Waals surface area contributed by atoms with Crippen LogP contribution in [0.5, 0.6) is 0 Å². The van der Waals surface area contributed by atoms with Crippen molar-refractivity contribution in [3.05, 3.63) is 42.1 Å². The third kappa shape index (κ3) is 4.00. The number of nitrogens with zero attached hydrogens (tertiary/aromatic N) is 2. The summed E-state index contributed by atoms with van der Waals surface area (Å²) in [6.45, 7) is 3.15. The average molecular weight is 323 g/mol. The van der Waals surface area contributed by atoms with Gasteiger partial charge in [0.05, 0.1) is 5.52 Å². The van der Waals surface area contributed by atoms with Gasteiger partial charge in [-0.3, -0.25) is 9.88 Å². The van der Waals surface area contributed by atoms with Crippen LogP contribution in [0, 0.1) is 0 Å². The highest BCUT2D eigenvalue weighted by Gasteiger charge is 2.31. The van der Waals surface area contributed by atoms with Crippen LogP contribution in [0.3, 0.4) is 0 Å². The van der Waals surface area contributed by atoms with Gasteiger partial charge in [0, 0.05) is 50.2 Å². The van der Waals surface area contributed by atoms with Gasteiger partial charge >= 0.3 is 6.18 Å². The summed E-state index contributed by atoms with van der Waals surface area (Å²) >= 11 is 0. The Bertz CT molecular complexity index is 646. The van der Waals surface area contributed by atoms with Gasteiger partial charge in [-0.25, -0.2) is 0 Å². The number of aromatic nitrogens is 1. The van der Waals surface area contributed by atoms with Gasteiger partial charge in [-0.05, 0) is 24.1 Å². The zero-order chi connectivity index (χ0) is 16.3. The zero-order valence-corrected chi connectivity index (χ0v) is 12.8. The largest absolute Gasteiger partial charge is 0.389 e. The summed E-state index contributed by atoms with van der Waals surface area (Å²) in [6.07, 6.45) is -3.12. The molecule has 2 heterocycles. The smallest absolute Gasteiger partial charge is 0.314 e. The molecule has 3 rings (SSSR count). The standard InChI is InChI=1S/C17H20F3N3/c18-17(19,20)7-5-16(23-11-9-21-10-12-23)14-6-8-22-15-4-2-1-3-13(14)15/h1-4,6,8,16,21H,5,7,9-12H2/t16-/m0/s1. The molecular weight excluding hydrogens is 303 g/mol. The highest BCUT2D eigenvalue weighted by molar-refractivity contribution is 5.82. The third-order valence-corrected chi connectivity index (χ3v) is 4.34. The lowest BCUT2D eigenvalue weighted by atomic mass is 9.96. The summed E-state index contributed by atoms with van der Waals surface area (Å²) in [5.41, 5.74) is 1.78. The van der Waals surface area contributed by atoms with Crippen molar-refractivity contribution in [2.75, 3.05) is 26.2 Å². The van der Waals surface area contributed by atoms with E-state index in [-0.39, 0.29) is 12.5 Å². The van der Waals surface area contributed by atoms with Crippen LogP contribution in [-0.4, -0.2) is 42.2 Å². The molecule has 1 aliphatic rings. The molecule has 1 saturated heterocycles. The van der Waals surface area contributed by atoms with E-state index >= 15 is 0 Å². The lowest BCUT2D eigenvalue weighted by Crippen LogP contribution is -2.45. The van der Waals surface area contributed by atoms with Crippen LogP contribution >= 0.6 is 0 Å². The van der Waals surface area contributed by atoms with Gasteiger partial charge in [0.15, 0.2) is 0 Å². The number of fused-ring (bicyclic) bond motifs is 1. The minimum Gasteiger partial charge on any atom is -0.314 e. The maximum absolute atomic E-state index is 12.8. The maximum atomic E-state index is 12.8. The highest BCUT2D eigenvalue weighted by atomic mass is 19.4. The molecule has 1 N–H and O–H groups in total. The van der Waals surface area contributed by atoms with E-state index in [0.29, 0.717) is 0 Å². The van der Waals surface area contributed by atoms with E-state index in [1.54, 1.807) is 6.20 Å². The first-order chi connectivity index (χ1) is 11.0. The molecule has 0 unspecified atom stereocenters. The molecule has 1 aliphatic heterocycles. The predicted octanol–water partition coefficient (Wildman–Crippen LogP) is 3.52. The van der Waals surface area contributed by atoms with E-state index in [1.807, 2.05) is 30.3 Å². The number of pyridine rings is 1. The van der Waals surface area contributed by atoms with Crippen LogP contribution in [0.2, 0.25) is 0 Å². The molecule has 1 atom stereocenters. The first-order valence-electron chi connectivity index (χ1n) is 7.90. The second kappa shape index (κ2) is 6.84. The van der Waals surface area contributed by atoms with Crippen LogP contribution in [0.15, 0.2) is 36.5 Å². The number of hydrogen-bond acceptors (Lipinski definition) is 3. The molecule has 1 fully saturated rings. The first kappa shape index (κ1) is 16.2. The van der Waals surface area contributed by atoms with Crippen molar-refractivity contribution >= 4 is 10.9 Å². The van der Waals surface area contributed by atoms with Gasteiger partial charge in [0.1, 0.15) is 0 Å². The fourth-order valence-electron chi connectivity index (χ4n) is 3.24. The van der Waals surface area contributed by atoms with Crippen molar-refractivity contribution in [3.8, 4) is 0 Å². The van der Waals surface area contributed by atoms with Crippen LogP contribution in [0.1, 0.15) is 24.4 Å². The Morgan fingerprint density at radius 2 is 1.87 bits per heavy atom. The molecule has 1 aromatic heterocycles. The van der Waals surface area contributed by atoms with Gasteiger partial charge in [-0.15, -0.1) is 0 Å². The summed E-state index contributed by atoms with van der Waals surface area (Å²) in [7, 11) is 0. The van der Waals surface area contributed by atoms with Gasteiger partial charge in [0.25, 0.3) is 0 Å². The molecule has 2 aromatic rings. The maximum Gasteiger partial charge on any atom is 0.389 e. The molecule has 0 amide bonds. The van der Waals surface area contributed by atoms with Crippen LogP contribution in [0.25, 0.3) is 10.9 Å². The number of para-hydroxylation sites is 1. The van der Waals surface area contributed by atoms with Crippen LogP contribution in [0.4, 0.5) is 13.2 Å². The van der Waals surface area contributed by atoms with Gasteiger partial charge in [0.2, 0.25) is 0 Å². The normalized spacial score (nSPS) is 18.2. The van der Waals surface area contributed by atoms with Gasteiger partial charge in [-0.1, -0.05) is 18.2 Å². The Balaban J connectivity index is 1.95. The summed E-state index contributed by atoms with van der Waals surface area (Å²) in [4.78, 5) is 6.48. The number of alkyl halides is 3. The Morgan fingerprint density at radius 3 is 2.61 bits per heavy atom. The number of benzene rings is 1. The van der Waals surface area contributed by atoms with Crippen molar-refractivity contribution in [2.24, 2.45) is 0 Å². The number of hydrogen-bond donors (Lipinski definition) is 1. The van der Waals surface area contributed by atoms with Crippen molar-refractivity contribution in [2.45, 2.75) is 25.1 Å². The zero-order valence-electron chi connectivity index (χ0n) is 12.8. The Hall–Kier alpha value is -1.66. The van der Waals surface area contributed by atoms with Crippen LogP contribution in [-0.2, 0) is 0 Å². The summed E-state index contributed by atoms with van der Waals surface area (Å²) in [6, 6.07) is 9.29. The Morgan fingerprint density at radius 1 is 1.13 bits per heavy atom. The molecule has 1 aromatic carbocycles. The molecule has 124 valence electrons. The molecule has 0 aliphatic carbocycles. The quantitative estimate of drug-likeness (QED) is 0.933. The second-order valence-corrected chi connectivity index (χ2v) is 5.87. The molecule has 3 nitrogen and oxygen atoms in total. The van der Waals surface area contributed by atoms with E-state index < -0.39 is 12.6 Å². The average Bonchev–Trinajstić information content (AvgIpc) is 2.55. The van der Waals surface area contributed by atoms with E-state index in [4.69, 9.17) is 0 Å². The number of piperazine rings is 1. The molecule has 0 radical (unpaired) electrons. The van der Waals surface area contributed by atoms with E-state index in [2.05, 4.69) is 15.2 Å². The number of halogens is 3. The summed E-state index contributed by atoms with van der Waals surface area (Å²) in [5, 5.41) is 4.20. The lowest BCUT2D eigenvalue weighted by Gasteiger charge is -2.36. The third-order valence-electron chi connectivity index (χ3n) is 4.34. The topological polar surface area (TPSA) is 28.2 Å². The van der Waals surface area contributed by atoms with E-state index in [9.17, 15) is 13.2 Å². The van der Waals surface area contributed by atoms with Gasteiger partial charge in [-0.2, -0.15) is 13.2 Å². The fraction of sp³-hybridized carbons (Fsp3) is 0.471. The molecule has 0 spiro atoms. The van der Waals surface area contributed by atoms with Crippen molar-refractivity contribution < 1.29 is 13.2 Å². The lowest BCUT2D eigenvalue weighted by molar-refractivity contribution is -0.138. The molecule has 6 heteroatoms. The summed E-state index contributed by atoms with van der Waals surface area (Å²) in [5.74, 6) is 0. The predicted molar refractivity (Wildman–Crippen MR) is 84.2 cm³/mol. The molecule has 0 saturated carbocycles. The molecular formula is C17H20F3N3. The van der Waals surface area contributed by atoms with E-state index in [1.165, 1.54) is 0 Å². The Labute approximate surface area is 133 Å². The highest BCUT2D eigenvalue weighted by Crippen LogP contribution is 2.34. The first-order valence-corrected chi connectivity index (χ1v) is 7.90. The molecule has 23 heavy (non-hydrogen) atoms. The van der Waals surface area contributed by atoms with Crippen molar-refractivity contribution in [1.29, 1.82) is 0 Å². The van der Waals surface area contributed by atoms with Crippen molar-refractivity contribution in [1.82, 2.24) is 15.2 Å². The second-order valence-electron chi connectivity index (χ2n) is 5.87. The summed E-state index contributed by atoms with van der Waals surface area (Å²) < 4.78 is 38.3.